The molecule has 130 valence electrons. The molecule has 1 amide bonds. The van der Waals surface area contributed by atoms with Crippen LogP contribution < -0.4 is 10.9 Å². The molecule has 8 nitrogen and oxygen atoms in total. The van der Waals surface area contributed by atoms with Gasteiger partial charge in [-0.15, -0.1) is 0 Å². The van der Waals surface area contributed by atoms with Gasteiger partial charge in [-0.2, -0.15) is 5.10 Å². The predicted octanol–water partition coefficient (Wildman–Crippen LogP) is 1.43. The molecule has 1 aromatic carbocycles. The zero-order chi connectivity index (χ0) is 18.0. The Morgan fingerprint density at radius 2 is 2.04 bits per heavy atom. The van der Waals surface area contributed by atoms with Gasteiger partial charge >= 0.3 is 0 Å². The van der Waals surface area contributed by atoms with E-state index in [9.17, 15) is 9.59 Å². The summed E-state index contributed by atoms with van der Waals surface area (Å²) in [6, 6.07) is 6.88. The minimum atomic E-state index is -0.510. The van der Waals surface area contributed by atoms with Crippen molar-refractivity contribution >= 4 is 16.9 Å². The molecule has 3 aromatic rings. The number of benzene rings is 1. The lowest BCUT2D eigenvalue weighted by Crippen LogP contribution is -2.36. The summed E-state index contributed by atoms with van der Waals surface area (Å²) in [7, 11) is 1.63. The van der Waals surface area contributed by atoms with E-state index in [0.29, 0.717) is 29.8 Å². The van der Waals surface area contributed by atoms with Gasteiger partial charge in [0.05, 0.1) is 17.1 Å². The molecule has 0 aliphatic rings. The highest BCUT2D eigenvalue weighted by molar-refractivity contribution is 5.94. The molecular formula is C17H20N6O2. The highest BCUT2D eigenvalue weighted by Gasteiger charge is 2.22. The molecule has 0 spiro atoms. The summed E-state index contributed by atoms with van der Waals surface area (Å²) in [5.74, 6) is 0.153. The SMILES string of the molecule is CC[C@@H](NC(=O)c1nc2ccccc2n(C)c1=O)c1ncnn1CC. The lowest BCUT2D eigenvalue weighted by molar-refractivity contribution is 0.0926. The molecule has 0 radical (unpaired) electrons. The molecule has 8 heteroatoms. The van der Waals surface area contributed by atoms with E-state index in [1.165, 1.54) is 10.9 Å². The number of carbonyl (C=O) groups is 1. The summed E-state index contributed by atoms with van der Waals surface area (Å²) in [6.07, 6.45) is 2.08. The summed E-state index contributed by atoms with van der Waals surface area (Å²) < 4.78 is 3.16. The van der Waals surface area contributed by atoms with E-state index in [-0.39, 0.29) is 11.7 Å². The quantitative estimate of drug-likeness (QED) is 0.758. The number of carbonyl (C=O) groups excluding carboxylic acids is 1. The van der Waals surface area contributed by atoms with Crippen molar-refractivity contribution in [2.24, 2.45) is 7.05 Å². The number of para-hydroxylation sites is 2. The maximum atomic E-state index is 12.7. The third-order valence-electron chi connectivity index (χ3n) is 4.17. The van der Waals surface area contributed by atoms with E-state index < -0.39 is 11.5 Å². The molecule has 25 heavy (non-hydrogen) atoms. The number of hydrogen-bond acceptors (Lipinski definition) is 5. The highest BCUT2D eigenvalue weighted by atomic mass is 16.2. The van der Waals surface area contributed by atoms with Gasteiger partial charge in [0.15, 0.2) is 5.69 Å². The molecule has 0 aliphatic carbocycles. The molecule has 0 aliphatic heterocycles. The number of nitrogens with zero attached hydrogens (tertiary/aromatic N) is 5. The average Bonchev–Trinajstić information content (AvgIpc) is 3.11. The van der Waals surface area contributed by atoms with Gasteiger partial charge in [-0.05, 0) is 25.5 Å². The van der Waals surface area contributed by atoms with E-state index in [4.69, 9.17) is 0 Å². The molecule has 3 rings (SSSR count). The van der Waals surface area contributed by atoms with Gasteiger partial charge in [-0.25, -0.2) is 14.6 Å². The lowest BCUT2D eigenvalue weighted by Gasteiger charge is -2.17. The molecule has 2 heterocycles. The van der Waals surface area contributed by atoms with Gasteiger partial charge in [0.2, 0.25) is 0 Å². The van der Waals surface area contributed by atoms with Crippen molar-refractivity contribution in [2.45, 2.75) is 32.9 Å². The zero-order valence-electron chi connectivity index (χ0n) is 14.4. The van der Waals surface area contributed by atoms with E-state index >= 15 is 0 Å². The van der Waals surface area contributed by atoms with Crippen molar-refractivity contribution in [2.75, 3.05) is 0 Å². The number of fused-ring (bicyclic) bond motifs is 1. The normalized spacial score (nSPS) is 12.3. The molecule has 0 bridgehead atoms. The first-order chi connectivity index (χ1) is 12.1. The van der Waals surface area contributed by atoms with Gasteiger partial charge in [0.25, 0.3) is 11.5 Å². The summed E-state index contributed by atoms with van der Waals surface area (Å²) in [5.41, 5.74) is 0.728. The topological polar surface area (TPSA) is 94.7 Å². The smallest absolute Gasteiger partial charge is 0.282 e. The largest absolute Gasteiger partial charge is 0.341 e. The van der Waals surface area contributed by atoms with E-state index in [1.807, 2.05) is 26.0 Å². The molecule has 2 aromatic heterocycles. The molecular weight excluding hydrogens is 320 g/mol. The molecule has 1 N–H and O–H groups in total. The first-order valence-corrected chi connectivity index (χ1v) is 8.21. The van der Waals surface area contributed by atoms with Gasteiger partial charge in [-0.1, -0.05) is 19.1 Å². The van der Waals surface area contributed by atoms with Crippen LogP contribution in [0.15, 0.2) is 35.4 Å². The van der Waals surface area contributed by atoms with Crippen molar-refractivity contribution < 1.29 is 4.79 Å². The second-order valence-electron chi connectivity index (χ2n) is 5.68. The fourth-order valence-electron chi connectivity index (χ4n) is 2.79. The predicted molar refractivity (Wildman–Crippen MR) is 93.2 cm³/mol. The Bertz CT molecular complexity index is 975. The van der Waals surface area contributed by atoms with Crippen molar-refractivity contribution in [3.63, 3.8) is 0 Å². The Kier molecular flexibility index (Phi) is 4.60. The third kappa shape index (κ3) is 3.02. The zero-order valence-corrected chi connectivity index (χ0v) is 14.4. The Morgan fingerprint density at radius 1 is 1.28 bits per heavy atom. The van der Waals surface area contributed by atoms with Crippen LogP contribution in [0, 0.1) is 0 Å². The van der Waals surface area contributed by atoms with Gasteiger partial charge < -0.3 is 9.88 Å². The van der Waals surface area contributed by atoms with Crippen LogP contribution >= 0.6 is 0 Å². The minimum Gasteiger partial charge on any atom is -0.341 e. The third-order valence-corrected chi connectivity index (χ3v) is 4.17. The fourth-order valence-corrected chi connectivity index (χ4v) is 2.79. The van der Waals surface area contributed by atoms with E-state index in [0.717, 1.165) is 0 Å². The summed E-state index contributed by atoms with van der Waals surface area (Å²) in [4.78, 5) is 33.7. The molecule has 0 saturated heterocycles. The maximum absolute atomic E-state index is 12.7. The van der Waals surface area contributed by atoms with Crippen LogP contribution in [0.5, 0.6) is 0 Å². The molecule has 1 atom stereocenters. The number of hydrogen-bond donors (Lipinski definition) is 1. The Labute approximate surface area is 144 Å². The Hall–Kier alpha value is -3.03. The van der Waals surface area contributed by atoms with Gasteiger partial charge in [-0.3, -0.25) is 9.59 Å². The van der Waals surface area contributed by atoms with Crippen LogP contribution in [0.25, 0.3) is 11.0 Å². The van der Waals surface area contributed by atoms with Crippen LogP contribution in [-0.4, -0.2) is 30.2 Å². The highest BCUT2D eigenvalue weighted by Crippen LogP contribution is 2.14. The second kappa shape index (κ2) is 6.84. The second-order valence-corrected chi connectivity index (χ2v) is 5.68. The number of rotatable bonds is 5. The summed E-state index contributed by atoms with van der Waals surface area (Å²) >= 11 is 0. The summed E-state index contributed by atoms with van der Waals surface area (Å²) in [6.45, 7) is 4.54. The fraction of sp³-hybridized carbons (Fsp3) is 0.353. The average molecular weight is 340 g/mol. The lowest BCUT2D eigenvalue weighted by atomic mass is 10.2. The standard InChI is InChI=1S/C17H20N6O2/c1-4-11(15-18-10-19-23(15)5-2)21-16(24)14-17(25)22(3)13-9-7-6-8-12(13)20-14/h6-11H,4-5H2,1-3H3,(H,21,24)/t11-/m1/s1. The van der Waals surface area contributed by atoms with E-state index in [2.05, 4.69) is 20.4 Å². The van der Waals surface area contributed by atoms with Crippen LogP contribution in [0.4, 0.5) is 0 Å². The Morgan fingerprint density at radius 3 is 2.76 bits per heavy atom. The first-order valence-electron chi connectivity index (χ1n) is 8.21. The number of aromatic nitrogens is 5. The van der Waals surface area contributed by atoms with Gasteiger partial charge in [0, 0.05) is 13.6 Å². The Balaban J connectivity index is 1.97. The van der Waals surface area contributed by atoms with Crippen molar-refractivity contribution in [1.29, 1.82) is 0 Å². The number of amides is 1. The number of nitrogens with one attached hydrogen (secondary N) is 1. The maximum Gasteiger partial charge on any atom is 0.282 e. The van der Waals surface area contributed by atoms with Gasteiger partial charge in [0.1, 0.15) is 12.2 Å². The van der Waals surface area contributed by atoms with Crippen molar-refractivity contribution in [3.05, 3.63) is 52.5 Å². The van der Waals surface area contributed by atoms with E-state index in [1.54, 1.807) is 23.9 Å². The number of aryl methyl sites for hydroxylation is 2. The van der Waals surface area contributed by atoms with Crippen LogP contribution in [0.1, 0.15) is 42.6 Å². The summed E-state index contributed by atoms with van der Waals surface area (Å²) in [5, 5.41) is 6.98. The molecule has 0 saturated carbocycles. The molecule has 0 unspecified atom stereocenters. The minimum absolute atomic E-state index is 0.123. The molecule has 0 fully saturated rings. The monoisotopic (exact) mass is 340 g/mol. The first kappa shape index (κ1) is 16.8. The van der Waals surface area contributed by atoms with Crippen LogP contribution in [-0.2, 0) is 13.6 Å². The van der Waals surface area contributed by atoms with Crippen LogP contribution in [0.2, 0.25) is 0 Å². The van der Waals surface area contributed by atoms with Crippen molar-refractivity contribution in [3.8, 4) is 0 Å². The van der Waals surface area contributed by atoms with Crippen molar-refractivity contribution in [1.82, 2.24) is 29.6 Å². The van der Waals surface area contributed by atoms with Crippen LogP contribution in [0.3, 0.4) is 0 Å².